The number of nitrogens with one attached hydrogen (secondary N) is 1. The lowest BCUT2D eigenvalue weighted by Gasteiger charge is -2.27. The molecule has 19 heavy (non-hydrogen) atoms. The standard InChI is InChI=1S/C17H27NO/c1-4-13-9-8-11-16(13)18-15(5-2)14-10-6-7-12-17(14)19-3/h6-7,10,12-13,15-16,18H,4-5,8-9,11H2,1-3H3. The summed E-state index contributed by atoms with van der Waals surface area (Å²) in [5, 5.41) is 3.88. The average Bonchev–Trinajstić information content (AvgIpc) is 2.92. The van der Waals surface area contributed by atoms with Crippen molar-refractivity contribution in [2.45, 2.75) is 58.0 Å². The quantitative estimate of drug-likeness (QED) is 0.823. The predicted octanol–water partition coefficient (Wildman–Crippen LogP) is 4.31. The third-order valence-corrected chi connectivity index (χ3v) is 4.52. The number of rotatable bonds is 6. The zero-order chi connectivity index (χ0) is 13.7. The summed E-state index contributed by atoms with van der Waals surface area (Å²) < 4.78 is 5.51. The van der Waals surface area contributed by atoms with Gasteiger partial charge in [0.2, 0.25) is 0 Å². The molecule has 2 heteroatoms. The van der Waals surface area contributed by atoms with Gasteiger partial charge in [-0.15, -0.1) is 0 Å². The van der Waals surface area contributed by atoms with Crippen LogP contribution in [0.3, 0.4) is 0 Å². The zero-order valence-electron chi connectivity index (χ0n) is 12.5. The Morgan fingerprint density at radius 3 is 2.74 bits per heavy atom. The monoisotopic (exact) mass is 261 g/mol. The van der Waals surface area contributed by atoms with Gasteiger partial charge in [0.25, 0.3) is 0 Å². The Labute approximate surface area is 117 Å². The second-order valence-electron chi connectivity index (χ2n) is 5.58. The normalized spacial score (nSPS) is 24.4. The van der Waals surface area contributed by atoms with Crippen LogP contribution in [0.1, 0.15) is 57.6 Å². The van der Waals surface area contributed by atoms with E-state index in [9.17, 15) is 0 Å². The second kappa shape index (κ2) is 6.95. The van der Waals surface area contributed by atoms with Crippen LogP contribution in [0.15, 0.2) is 24.3 Å². The highest BCUT2D eigenvalue weighted by Gasteiger charge is 2.28. The molecule has 0 amide bonds. The minimum Gasteiger partial charge on any atom is -0.496 e. The van der Waals surface area contributed by atoms with Crippen LogP contribution in [0.5, 0.6) is 5.75 Å². The summed E-state index contributed by atoms with van der Waals surface area (Å²) in [7, 11) is 1.76. The summed E-state index contributed by atoms with van der Waals surface area (Å²) in [5.41, 5.74) is 1.30. The molecule has 1 N–H and O–H groups in total. The fourth-order valence-corrected chi connectivity index (χ4v) is 3.39. The molecule has 0 aromatic heterocycles. The first-order valence-electron chi connectivity index (χ1n) is 7.69. The molecule has 0 bridgehead atoms. The molecule has 1 aliphatic carbocycles. The Kier molecular flexibility index (Phi) is 5.26. The smallest absolute Gasteiger partial charge is 0.123 e. The number of ether oxygens (including phenoxy) is 1. The third kappa shape index (κ3) is 3.30. The summed E-state index contributed by atoms with van der Waals surface area (Å²) in [6, 6.07) is 9.49. The van der Waals surface area contributed by atoms with Gasteiger partial charge in [-0.05, 0) is 31.2 Å². The maximum atomic E-state index is 5.51. The lowest BCUT2D eigenvalue weighted by molar-refractivity contribution is 0.336. The van der Waals surface area contributed by atoms with Crippen LogP contribution in [-0.2, 0) is 0 Å². The van der Waals surface area contributed by atoms with Gasteiger partial charge in [0.15, 0.2) is 0 Å². The van der Waals surface area contributed by atoms with Gasteiger partial charge >= 0.3 is 0 Å². The van der Waals surface area contributed by atoms with Gasteiger partial charge < -0.3 is 10.1 Å². The Balaban J connectivity index is 2.11. The molecular weight excluding hydrogens is 234 g/mol. The number of hydrogen-bond donors (Lipinski definition) is 1. The molecule has 0 aliphatic heterocycles. The lowest BCUT2D eigenvalue weighted by Crippen LogP contribution is -2.35. The first-order chi connectivity index (χ1) is 9.30. The van der Waals surface area contributed by atoms with E-state index in [4.69, 9.17) is 4.74 Å². The van der Waals surface area contributed by atoms with Gasteiger partial charge in [-0.25, -0.2) is 0 Å². The molecule has 1 saturated carbocycles. The Bertz CT molecular complexity index is 391. The molecule has 3 atom stereocenters. The topological polar surface area (TPSA) is 21.3 Å². The molecule has 106 valence electrons. The highest BCUT2D eigenvalue weighted by atomic mass is 16.5. The molecule has 0 spiro atoms. The number of benzene rings is 1. The van der Waals surface area contributed by atoms with Crippen LogP contribution in [-0.4, -0.2) is 13.2 Å². The van der Waals surface area contributed by atoms with Crippen molar-refractivity contribution in [3.63, 3.8) is 0 Å². The molecule has 3 unspecified atom stereocenters. The van der Waals surface area contributed by atoms with Gasteiger partial charge in [0, 0.05) is 17.6 Å². The number of methoxy groups -OCH3 is 1. The van der Waals surface area contributed by atoms with E-state index >= 15 is 0 Å². The maximum absolute atomic E-state index is 5.51. The fourth-order valence-electron chi connectivity index (χ4n) is 3.39. The molecule has 1 aromatic rings. The van der Waals surface area contributed by atoms with Crippen molar-refractivity contribution in [1.29, 1.82) is 0 Å². The van der Waals surface area contributed by atoms with Crippen LogP contribution < -0.4 is 10.1 Å². The summed E-state index contributed by atoms with van der Waals surface area (Å²) in [6.45, 7) is 4.56. The summed E-state index contributed by atoms with van der Waals surface area (Å²) in [6.07, 6.45) is 6.48. The summed E-state index contributed by atoms with van der Waals surface area (Å²) >= 11 is 0. The Morgan fingerprint density at radius 1 is 1.26 bits per heavy atom. The third-order valence-electron chi connectivity index (χ3n) is 4.52. The highest BCUT2D eigenvalue weighted by molar-refractivity contribution is 5.35. The SMILES string of the molecule is CCC(NC1CCCC1CC)c1ccccc1OC. The van der Waals surface area contributed by atoms with Crippen molar-refractivity contribution in [2.75, 3.05) is 7.11 Å². The van der Waals surface area contributed by atoms with Crippen LogP contribution >= 0.6 is 0 Å². The maximum Gasteiger partial charge on any atom is 0.123 e. The van der Waals surface area contributed by atoms with E-state index in [0.717, 1.165) is 18.1 Å². The second-order valence-corrected chi connectivity index (χ2v) is 5.58. The molecule has 2 nitrogen and oxygen atoms in total. The molecule has 0 saturated heterocycles. The molecule has 1 aliphatic rings. The van der Waals surface area contributed by atoms with E-state index in [0.29, 0.717) is 12.1 Å². The van der Waals surface area contributed by atoms with Crippen LogP contribution in [0.2, 0.25) is 0 Å². The molecule has 1 aromatic carbocycles. The van der Waals surface area contributed by atoms with Crippen LogP contribution in [0.25, 0.3) is 0 Å². The molecular formula is C17H27NO. The van der Waals surface area contributed by atoms with Gasteiger partial charge in [-0.2, -0.15) is 0 Å². The summed E-state index contributed by atoms with van der Waals surface area (Å²) in [4.78, 5) is 0. The van der Waals surface area contributed by atoms with E-state index in [2.05, 4.69) is 37.4 Å². The predicted molar refractivity (Wildman–Crippen MR) is 80.6 cm³/mol. The molecule has 0 heterocycles. The van der Waals surface area contributed by atoms with Gasteiger partial charge in [0.05, 0.1) is 7.11 Å². The Hall–Kier alpha value is -1.02. The minimum absolute atomic E-state index is 0.410. The fraction of sp³-hybridized carbons (Fsp3) is 0.647. The molecule has 2 rings (SSSR count). The van der Waals surface area contributed by atoms with Crippen molar-refractivity contribution in [3.8, 4) is 5.75 Å². The van der Waals surface area contributed by atoms with Crippen molar-refractivity contribution < 1.29 is 4.74 Å². The van der Waals surface area contributed by atoms with Gasteiger partial charge in [-0.3, -0.25) is 0 Å². The highest BCUT2D eigenvalue weighted by Crippen LogP contribution is 2.33. The van der Waals surface area contributed by atoms with Crippen molar-refractivity contribution in [3.05, 3.63) is 29.8 Å². The first kappa shape index (κ1) is 14.4. The van der Waals surface area contributed by atoms with Crippen LogP contribution in [0, 0.1) is 5.92 Å². The first-order valence-corrected chi connectivity index (χ1v) is 7.69. The van der Waals surface area contributed by atoms with Crippen molar-refractivity contribution in [2.24, 2.45) is 5.92 Å². The largest absolute Gasteiger partial charge is 0.496 e. The molecule has 0 radical (unpaired) electrons. The van der Waals surface area contributed by atoms with Gasteiger partial charge in [-0.1, -0.05) is 44.9 Å². The zero-order valence-corrected chi connectivity index (χ0v) is 12.5. The average molecular weight is 261 g/mol. The van der Waals surface area contributed by atoms with E-state index < -0.39 is 0 Å². The number of para-hydroxylation sites is 1. The van der Waals surface area contributed by atoms with Crippen molar-refractivity contribution >= 4 is 0 Å². The van der Waals surface area contributed by atoms with E-state index in [1.165, 1.54) is 31.2 Å². The van der Waals surface area contributed by atoms with E-state index in [1.54, 1.807) is 7.11 Å². The number of hydrogen-bond acceptors (Lipinski definition) is 2. The lowest BCUT2D eigenvalue weighted by atomic mass is 9.97. The molecule has 1 fully saturated rings. The Morgan fingerprint density at radius 2 is 2.05 bits per heavy atom. The van der Waals surface area contributed by atoms with E-state index in [-0.39, 0.29) is 0 Å². The minimum atomic E-state index is 0.410. The summed E-state index contributed by atoms with van der Waals surface area (Å²) in [5.74, 6) is 1.86. The van der Waals surface area contributed by atoms with Gasteiger partial charge in [0.1, 0.15) is 5.75 Å². The van der Waals surface area contributed by atoms with Crippen LogP contribution in [0.4, 0.5) is 0 Å². The van der Waals surface area contributed by atoms with E-state index in [1.807, 2.05) is 6.07 Å². The van der Waals surface area contributed by atoms with Crippen molar-refractivity contribution in [1.82, 2.24) is 5.32 Å².